The van der Waals surface area contributed by atoms with E-state index in [9.17, 15) is 8.42 Å². The summed E-state index contributed by atoms with van der Waals surface area (Å²) in [4.78, 5) is 0.316. The largest absolute Gasteiger partial charge is 0.396 e. The van der Waals surface area contributed by atoms with Gasteiger partial charge in [0.1, 0.15) is 0 Å². The van der Waals surface area contributed by atoms with E-state index in [1.54, 1.807) is 12.1 Å². The molecule has 1 fully saturated rings. The number of aryl methyl sites for hydroxylation is 1. The molecule has 0 aliphatic carbocycles. The Hall–Kier alpha value is -0.560. The highest BCUT2D eigenvalue weighted by Crippen LogP contribution is 2.23. The van der Waals surface area contributed by atoms with Crippen LogP contribution in [0, 0.1) is 5.92 Å². The summed E-state index contributed by atoms with van der Waals surface area (Å²) in [7, 11) is -3.39. The van der Waals surface area contributed by atoms with Crippen molar-refractivity contribution in [3.8, 4) is 0 Å². The fourth-order valence-corrected chi connectivity index (χ4v) is 4.57. The number of benzene rings is 1. The van der Waals surface area contributed by atoms with Gasteiger partial charge in [0.15, 0.2) is 0 Å². The molecule has 0 aromatic heterocycles. The van der Waals surface area contributed by atoms with E-state index in [1.165, 1.54) is 0 Å². The molecular weight excluding hydrogens is 294 g/mol. The number of hydrogen-bond acceptors (Lipinski definition) is 4. The minimum atomic E-state index is -3.39. The van der Waals surface area contributed by atoms with E-state index >= 15 is 0 Å². The van der Waals surface area contributed by atoms with Crippen molar-refractivity contribution in [3.05, 3.63) is 29.8 Å². The molecular formula is C14H21NO3S2. The third-order valence-corrected chi connectivity index (χ3v) is 6.11. The quantitative estimate of drug-likeness (QED) is 0.803. The van der Waals surface area contributed by atoms with Crippen LogP contribution in [0.2, 0.25) is 0 Å². The van der Waals surface area contributed by atoms with Crippen LogP contribution in [0.25, 0.3) is 0 Å². The average molecular weight is 315 g/mol. The van der Waals surface area contributed by atoms with Gasteiger partial charge in [0.2, 0.25) is 10.0 Å². The standard InChI is InChI=1S/C14H21NO3S2/c16-8-1-2-12-3-5-14(6-4-12)20(17,18)15-10-13-7-9-19-11-13/h3-6,13,15-16H,1-2,7-11H2. The molecule has 1 aromatic carbocycles. The molecule has 0 amide bonds. The molecule has 0 radical (unpaired) electrons. The van der Waals surface area contributed by atoms with Crippen molar-refractivity contribution in [2.75, 3.05) is 24.7 Å². The maximum absolute atomic E-state index is 12.2. The fourth-order valence-electron chi connectivity index (χ4n) is 2.17. The van der Waals surface area contributed by atoms with Crippen molar-refractivity contribution in [1.29, 1.82) is 0 Å². The predicted octanol–water partition coefficient (Wildman–Crippen LogP) is 1.64. The zero-order valence-corrected chi connectivity index (χ0v) is 13.0. The van der Waals surface area contributed by atoms with Gasteiger partial charge in [-0.2, -0.15) is 11.8 Å². The summed E-state index contributed by atoms with van der Waals surface area (Å²) >= 11 is 1.88. The summed E-state index contributed by atoms with van der Waals surface area (Å²) in [5.41, 5.74) is 1.05. The third-order valence-electron chi connectivity index (χ3n) is 3.44. The van der Waals surface area contributed by atoms with Gasteiger partial charge in [-0.05, 0) is 54.4 Å². The third kappa shape index (κ3) is 4.48. The molecule has 0 spiro atoms. The van der Waals surface area contributed by atoms with Gasteiger partial charge in [-0.15, -0.1) is 0 Å². The van der Waals surface area contributed by atoms with Crippen molar-refractivity contribution in [2.45, 2.75) is 24.2 Å². The second kappa shape index (κ2) is 7.45. The molecule has 1 atom stereocenters. The van der Waals surface area contributed by atoms with E-state index < -0.39 is 10.0 Å². The maximum Gasteiger partial charge on any atom is 0.240 e. The van der Waals surface area contributed by atoms with Crippen molar-refractivity contribution in [2.24, 2.45) is 5.92 Å². The van der Waals surface area contributed by atoms with E-state index in [4.69, 9.17) is 5.11 Å². The molecule has 1 heterocycles. The van der Waals surface area contributed by atoms with Crippen LogP contribution in [-0.4, -0.2) is 38.2 Å². The first-order valence-electron chi connectivity index (χ1n) is 6.89. The lowest BCUT2D eigenvalue weighted by atomic mass is 10.1. The van der Waals surface area contributed by atoms with Gasteiger partial charge in [-0.1, -0.05) is 12.1 Å². The number of nitrogens with one attached hydrogen (secondary N) is 1. The Morgan fingerprint density at radius 3 is 2.65 bits per heavy atom. The summed E-state index contributed by atoms with van der Waals surface area (Å²) in [6.07, 6.45) is 2.56. The second-order valence-corrected chi connectivity index (χ2v) is 7.97. The number of thioether (sulfide) groups is 1. The summed E-state index contributed by atoms with van der Waals surface area (Å²) < 4.78 is 27.0. The zero-order chi connectivity index (χ0) is 14.4. The molecule has 0 saturated carbocycles. The summed E-state index contributed by atoms with van der Waals surface area (Å²) in [5.74, 6) is 2.63. The van der Waals surface area contributed by atoms with Crippen molar-refractivity contribution in [1.82, 2.24) is 4.72 Å². The van der Waals surface area contributed by atoms with Crippen LogP contribution < -0.4 is 4.72 Å². The van der Waals surface area contributed by atoms with E-state index in [2.05, 4.69) is 4.72 Å². The molecule has 112 valence electrons. The minimum absolute atomic E-state index is 0.154. The molecule has 4 nitrogen and oxygen atoms in total. The summed E-state index contributed by atoms with van der Waals surface area (Å²) in [6.45, 7) is 0.683. The fraction of sp³-hybridized carbons (Fsp3) is 0.571. The first-order valence-corrected chi connectivity index (χ1v) is 9.53. The molecule has 1 aliphatic heterocycles. The molecule has 6 heteroatoms. The zero-order valence-electron chi connectivity index (χ0n) is 11.4. The van der Waals surface area contributed by atoms with Crippen molar-refractivity contribution < 1.29 is 13.5 Å². The number of rotatable bonds is 7. The van der Waals surface area contributed by atoms with Gasteiger partial charge >= 0.3 is 0 Å². The molecule has 20 heavy (non-hydrogen) atoms. The Balaban J connectivity index is 1.94. The van der Waals surface area contributed by atoms with E-state index in [1.807, 2.05) is 23.9 Å². The lowest BCUT2D eigenvalue weighted by Crippen LogP contribution is -2.29. The van der Waals surface area contributed by atoms with Crippen molar-refractivity contribution >= 4 is 21.8 Å². The second-order valence-electron chi connectivity index (χ2n) is 5.05. The normalized spacial score (nSPS) is 19.4. The van der Waals surface area contributed by atoms with Gasteiger partial charge in [-0.25, -0.2) is 13.1 Å². The number of aliphatic hydroxyl groups is 1. The SMILES string of the molecule is O=S(=O)(NCC1CCSC1)c1ccc(CCCO)cc1. The van der Waals surface area contributed by atoms with E-state index in [-0.39, 0.29) is 6.61 Å². The highest BCUT2D eigenvalue weighted by atomic mass is 32.2. The van der Waals surface area contributed by atoms with Crippen LogP contribution in [0.5, 0.6) is 0 Å². The van der Waals surface area contributed by atoms with Gasteiger partial charge in [0.05, 0.1) is 4.90 Å². The first kappa shape index (κ1) is 15.8. The van der Waals surface area contributed by atoms with E-state index in [0.29, 0.717) is 23.8 Å². The maximum atomic E-state index is 12.2. The van der Waals surface area contributed by atoms with Crippen LogP contribution in [0.1, 0.15) is 18.4 Å². The highest BCUT2D eigenvalue weighted by Gasteiger charge is 2.19. The summed E-state index contributed by atoms with van der Waals surface area (Å²) in [6, 6.07) is 6.90. The molecule has 1 aromatic rings. The molecule has 2 N–H and O–H groups in total. The van der Waals surface area contributed by atoms with Crippen LogP contribution in [0.3, 0.4) is 0 Å². The molecule has 1 unspecified atom stereocenters. The van der Waals surface area contributed by atoms with Gasteiger partial charge in [0.25, 0.3) is 0 Å². The monoisotopic (exact) mass is 315 g/mol. The Labute approximate surface area is 125 Å². The number of aliphatic hydroxyl groups excluding tert-OH is 1. The van der Waals surface area contributed by atoms with Crippen LogP contribution >= 0.6 is 11.8 Å². The molecule has 2 rings (SSSR count). The minimum Gasteiger partial charge on any atom is -0.396 e. The van der Waals surface area contributed by atoms with Crippen molar-refractivity contribution in [3.63, 3.8) is 0 Å². The van der Waals surface area contributed by atoms with Crippen LogP contribution in [0.4, 0.5) is 0 Å². The molecule has 0 bridgehead atoms. The lowest BCUT2D eigenvalue weighted by Gasteiger charge is -2.11. The highest BCUT2D eigenvalue weighted by molar-refractivity contribution is 7.99. The van der Waals surface area contributed by atoms with E-state index in [0.717, 1.165) is 29.9 Å². The predicted molar refractivity (Wildman–Crippen MR) is 82.5 cm³/mol. The molecule has 1 aliphatic rings. The Morgan fingerprint density at radius 2 is 2.05 bits per heavy atom. The Kier molecular flexibility index (Phi) is 5.89. The smallest absolute Gasteiger partial charge is 0.240 e. The average Bonchev–Trinajstić information content (AvgIpc) is 2.97. The lowest BCUT2D eigenvalue weighted by molar-refractivity contribution is 0.288. The summed E-state index contributed by atoms with van der Waals surface area (Å²) in [5, 5.41) is 8.78. The Morgan fingerprint density at radius 1 is 1.30 bits per heavy atom. The number of sulfonamides is 1. The van der Waals surface area contributed by atoms with Crippen LogP contribution in [-0.2, 0) is 16.4 Å². The number of hydrogen-bond donors (Lipinski definition) is 2. The topological polar surface area (TPSA) is 66.4 Å². The van der Waals surface area contributed by atoms with Crippen LogP contribution in [0.15, 0.2) is 29.2 Å². The molecule has 1 saturated heterocycles. The Bertz CT molecular complexity index is 508. The van der Waals surface area contributed by atoms with Gasteiger partial charge in [-0.3, -0.25) is 0 Å². The van der Waals surface area contributed by atoms with Gasteiger partial charge in [0, 0.05) is 13.2 Å². The first-order chi connectivity index (χ1) is 9.62. The van der Waals surface area contributed by atoms with Gasteiger partial charge < -0.3 is 5.11 Å².